The first kappa shape index (κ1) is 15.3. The van der Waals surface area contributed by atoms with Gasteiger partial charge in [0.05, 0.1) is 7.11 Å². The van der Waals surface area contributed by atoms with Gasteiger partial charge in [-0.3, -0.25) is 14.5 Å². The summed E-state index contributed by atoms with van der Waals surface area (Å²) in [5.74, 6) is -0.645. The van der Waals surface area contributed by atoms with Crippen molar-refractivity contribution < 1.29 is 29.3 Å². The molecule has 0 aliphatic carbocycles. The molecule has 0 unspecified atom stereocenters. The van der Waals surface area contributed by atoms with E-state index < -0.39 is 30.3 Å². The van der Waals surface area contributed by atoms with Crippen molar-refractivity contribution in [2.24, 2.45) is 0 Å². The van der Waals surface area contributed by atoms with Gasteiger partial charge in [-0.15, -0.1) is 0 Å². The Labute approximate surface area is 121 Å². The minimum Gasteiger partial charge on any atom is -0.497 e. The van der Waals surface area contributed by atoms with Crippen molar-refractivity contribution in [1.29, 1.82) is 0 Å². The van der Waals surface area contributed by atoms with E-state index >= 15 is 0 Å². The van der Waals surface area contributed by atoms with Crippen LogP contribution in [0.1, 0.15) is 12.5 Å². The molecular formula is C14H17NO6. The molecule has 21 heavy (non-hydrogen) atoms. The number of benzene rings is 1. The van der Waals surface area contributed by atoms with E-state index in [9.17, 15) is 19.8 Å². The van der Waals surface area contributed by atoms with Gasteiger partial charge in [-0.25, -0.2) is 0 Å². The Bertz CT molecular complexity index is 529. The second-order valence-corrected chi connectivity index (χ2v) is 4.75. The molecule has 3 atom stereocenters. The molecule has 7 heteroatoms. The van der Waals surface area contributed by atoms with Gasteiger partial charge in [-0.05, 0) is 17.7 Å². The van der Waals surface area contributed by atoms with Crippen LogP contribution in [0, 0.1) is 0 Å². The topological polar surface area (TPSA) is 96.3 Å². The number of aliphatic hydroxyl groups is 2. The first-order chi connectivity index (χ1) is 9.93. The Balaban J connectivity index is 2.17. The average molecular weight is 295 g/mol. The summed E-state index contributed by atoms with van der Waals surface area (Å²) >= 11 is 0. The molecule has 0 aromatic heterocycles. The van der Waals surface area contributed by atoms with E-state index in [1.165, 1.54) is 6.92 Å². The number of methoxy groups -OCH3 is 1. The molecule has 1 amide bonds. The zero-order valence-corrected chi connectivity index (χ0v) is 11.7. The minimum absolute atomic E-state index is 0.106. The Hall–Kier alpha value is -2.12. The molecule has 1 aromatic carbocycles. The predicted octanol–water partition coefficient (Wildman–Crippen LogP) is -0.352. The zero-order valence-electron chi connectivity index (χ0n) is 11.7. The van der Waals surface area contributed by atoms with Crippen LogP contribution in [0.2, 0.25) is 0 Å². The molecule has 7 nitrogen and oxygen atoms in total. The molecule has 1 aliphatic heterocycles. The van der Waals surface area contributed by atoms with Crippen LogP contribution in [0.3, 0.4) is 0 Å². The zero-order chi connectivity index (χ0) is 15.6. The SMILES string of the molecule is COc1ccc(CN2C(=O)[C@@H](O)[C@@H](O)[C@@H]2OC(C)=O)cc1. The number of hydrogen-bond donors (Lipinski definition) is 2. The number of aliphatic hydroxyl groups excluding tert-OH is 2. The number of likely N-dealkylation sites (tertiary alicyclic amines) is 1. The maximum absolute atomic E-state index is 11.9. The number of nitrogens with zero attached hydrogens (tertiary/aromatic N) is 1. The van der Waals surface area contributed by atoms with Gasteiger partial charge in [0.15, 0.2) is 6.10 Å². The van der Waals surface area contributed by atoms with E-state index in [1.54, 1.807) is 31.4 Å². The van der Waals surface area contributed by atoms with Crippen molar-refractivity contribution in [2.75, 3.05) is 7.11 Å². The Morgan fingerprint density at radius 1 is 1.29 bits per heavy atom. The molecular weight excluding hydrogens is 278 g/mol. The first-order valence-corrected chi connectivity index (χ1v) is 6.41. The highest BCUT2D eigenvalue weighted by atomic mass is 16.6. The van der Waals surface area contributed by atoms with Crippen LogP contribution in [0.15, 0.2) is 24.3 Å². The average Bonchev–Trinajstić information content (AvgIpc) is 2.65. The van der Waals surface area contributed by atoms with Gasteiger partial charge < -0.3 is 19.7 Å². The molecule has 1 aliphatic rings. The number of amides is 1. The molecule has 1 fully saturated rings. The summed E-state index contributed by atoms with van der Waals surface area (Å²) in [6.45, 7) is 1.28. The van der Waals surface area contributed by atoms with Crippen LogP contribution in [0.5, 0.6) is 5.75 Å². The second-order valence-electron chi connectivity index (χ2n) is 4.75. The Kier molecular flexibility index (Phi) is 4.44. The van der Waals surface area contributed by atoms with Gasteiger partial charge in [0.1, 0.15) is 11.9 Å². The minimum atomic E-state index is -1.59. The quantitative estimate of drug-likeness (QED) is 0.737. The molecule has 2 N–H and O–H groups in total. The summed E-state index contributed by atoms with van der Waals surface area (Å²) in [6, 6.07) is 6.94. The number of hydrogen-bond acceptors (Lipinski definition) is 6. The predicted molar refractivity (Wildman–Crippen MR) is 71.1 cm³/mol. The van der Waals surface area contributed by atoms with Crippen molar-refractivity contribution in [1.82, 2.24) is 4.90 Å². The molecule has 0 spiro atoms. The highest BCUT2D eigenvalue weighted by Gasteiger charge is 2.48. The molecule has 1 aromatic rings. The standard InChI is InChI=1S/C14H17NO6/c1-8(16)21-14-12(18)11(17)13(19)15(14)7-9-3-5-10(20-2)6-4-9/h3-6,11-12,14,17-18H,7H2,1-2H3/t11-,12+,14-/m0/s1. The summed E-state index contributed by atoms with van der Waals surface area (Å²) in [5, 5.41) is 19.4. The van der Waals surface area contributed by atoms with Crippen molar-refractivity contribution in [3.8, 4) is 5.75 Å². The third-order valence-corrected chi connectivity index (χ3v) is 3.26. The highest BCUT2D eigenvalue weighted by Crippen LogP contribution is 2.24. The lowest BCUT2D eigenvalue weighted by Gasteiger charge is -2.25. The van der Waals surface area contributed by atoms with Gasteiger partial charge in [-0.2, -0.15) is 0 Å². The monoisotopic (exact) mass is 295 g/mol. The molecule has 1 saturated heterocycles. The van der Waals surface area contributed by atoms with Crippen LogP contribution >= 0.6 is 0 Å². The molecule has 2 rings (SSSR count). The van der Waals surface area contributed by atoms with Gasteiger partial charge in [-0.1, -0.05) is 12.1 Å². The van der Waals surface area contributed by atoms with E-state index in [-0.39, 0.29) is 6.54 Å². The second kappa shape index (κ2) is 6.11. The van der Waals surface area contributed by atoms with Crippen molar-refractivity contribution in [3.05, 3.63) is 29.8 Å². The summed E-state index contributed by atoms with van der Waals surface area (Å²) < 4.78 is 9.96. The van der Waals surface area contributed by atoms with Crippen molar-refractivity contribution in [3.63, 3.8) is 0 Å². The molecule has 0 bridgehead atoms. The van der Waals surface area contributed by atoms with Crippen LogP contribution in [-0.2, 0) is 20.9 Å². The van der Waals surface area contributed by atoms with Crippen LogP contribution in [0.4, 0.5) is 0 Å². The fourth-order valence-electron chi connectivity index (χ4n) is 2.18. The van der Waals surface area contributed by atoms with Gasteiger partial charge in [0.25, 0.3) is 5.91 Å². The van der Waals surface area contributed by atoms with E-state index in [4.69, 9.17) is 9.47 Å². The normalized spacial score (nSPS) is 25.0. The highest BCUT2D eigenvalue weighted by molar-refractivity contribution is 5.84. The van der Waals surface area contributed by atoms with Gasteiger partial charge in [0, 0.05) is 13.5 Å². The molecule has 1 heterocycles. The van der Waals surface area contributed by atoms with Crippen molar-refractivity contribution >= 4 is 11.9 Å². The molecule has 0 saturated carbocycles. The van der Waals surface area contributed by atoms with Crippen molar-refractivity contribution in [2.45, 2.75) is 31.9 Å². The van der Waals surface area contributed by atoms with E-state index in [0.717, 1.165) is 10.5 Å². The van der Waals surface area contributed by atoms with E-state index in [2.05, 4.69) is 0 Å². The lowest BCUT2D eigenvalue weighted by Crippen LogP contribution is -2.40. The van der Waals surface area contributed by atoms with E-state index in [1.807, 2.05) is 0 Å². The summed E-state index contributed by atoms with van der Waals surface area (Å²) in [7, 11) is 1.54. The van der Waals surface area contributed by atoms with E-state index in [0.29, 0.717) is 5.75 Å². The maximum atomic E-state index is 11.9. The number of carbonyl (C=O) groups is 2. The summed E-state index contributed by atoms with van der Waals surface area (Å²) in [4.78, 5) is 24.1. The van der Waals surface area contributed by atoms with Gasteiger partial charge in [0.2, 0.25) is 6.23 Å². The van der Waals surface area contributed by atoms with Gasteiger partial charge >= 0.3 is 5.97 Å². The molecule has 114 valence electrons. The number of rotatable bonds is 4. The fraction of sp³-hybridized carbons (Fsp3) is 0.429. The van der Waals surface area contributed by atoms with Crippen LogP contribution < -0.4 is 4.74 Å². The maximum Gasteiger partial charge on any atom is 0.304 e. The lowest BCUT2D eigenvalue weighted by molar-refractivity contribution is -0.165. The smallest absolute Gasteiger partial charge is 0.304 e. The van der Waals surface area contributed by atoms with Crippen LogP contribution in [0.25, 0.3) is 0 Å². The number of ether oxygens (including phenoxy) is 2. The Morgan fingerprint density at radius 2 is 1.90 bits per heavy atom. The lowest BCUT2D eigenvalue weighted by atomic mass is 10.2. The Morgan fingerprint density at radius 3 is 2.43 bits per heavy atom. The summed E-state index contributed by atoms with van der Waals surface area (Å²) in [5.41, 5.74) is 0.752. The molecule has 0 radical (unpaired) electrons. The van der Waals surface area contributed by atoms with Crippen LogP contribution in [-0.4, -0.2) is 52.5 Å². The number of esters is 1. The number of carbonyl (C=O) groups excluding carboxylic acids is 2. The third kappa shape index (κ3) is 3.14. The summed E-state index contributed by atoms with van der Waals surface area (Å²) in [6.07, 6.45) is -4.24. The fourth-order valence-corrected chi connectivity index (χ4v) is 2.18. The third-order valence-electron chi connectivity index (χ3n) is 3.26. The largest absolute Gasteiger partial charge is 0.497 e. The first-order valence-electron chi connectivity index (χ1n) is 6.41.